The zero-order valence-corrected chi connectivity index (χ0v) is 18.8. The van der Waals surface area contributed by atoms with Gasteiger partial charge in [0.15, 0.2) is 11.5 Å². The van der Waals surface area contributed by atoms with Crippen molar-refractivity contribution in [2.24, 2.45) is 0 Å². The van der Waals surface area contributed by atoms with E-state index in [0.717, 1.165) is 69.8 Å². The first kappa shape index (κ1) is 22.6. The summed E-state index contributed by atoms with van der Waals surface area (Å²) >= 11 is 0. The molecule has 2 saturated heterocycles. The number of piperazine rings is 1. The third-order valence-corrected chi connectivity index (χ3v) is 6.22. The first-order valence-electron chi connectivity index (χ1n) is 11.4. The zero-order chi connectivity index (χ0) is 22.3. The van der Waals surface area contributed by atoms with E-state index in [-0.39, 0.29) is 11.7 Å². The number of likely N-dealkylation sites (tertiary alicyclic amines) is 1. The second-order valence-corrected chi connectivity index (χ2v) is 8.54. The maximum absolute atomic E-state index is 13.1. The maximum Gasteiger partial charge on any atom is 0.236 e. The molecule has 0 bridgehead atoms. The summed E-state index contributed by atoms with van der Waals surface area (Å²) in [6.45, 7) is 7.29. The van der Waals surface area contributed by atoms with Crippen LogP contribution in [0.1, 0.15) is 24.0 Å². The van der Waals surface area contributed by atoms with Crippen molar-refractivity contribution in [2.45, 2.75) is 26.0 Å². The van der Waals surface area contributed by atoms with Gasteiger partial charge in [-0.25, -0.2) is 4.39 Å². The van der Waals surface area contributed by atoms with Crippen LogP contribution in [0.3, 0.4) is 0 Å². The van der Waals surface area contributed by atoms with Gasteiger partial charge in [0.2, 0.25) is 5.91 Å². The molecule has 2 aliphatic rings. The van der Waals surface area contributed by atoms with Gasteiger partial charge in [0.1, 0.15) is 12.4 Å². The van der Waals surface area contributed by atoms with Gasteiger partial charge in [-0.05, 0) is 48.2 Å². The Bertz CT molecular complexity index is 892. The fourth-order valence-corrected chi connectivity index (χ4v) is 4.29. The van der Waals surface area contributed by atoms with E-state index in [4.69, 9.17) is 9.47 Å². The first-order valence-corrected chi connectivity index (χ1v) is 11.4. The summed E-state index contributed by atoms with van der Waals surface area (Å²) in [6, 6.07) is 12.3. The van der Waals surface area contributed by atoms with E-state index >= 15 is 0 Å². The lowest BCUT2D eigenvalue weighted by Gasteiger charge is -2.35. The highest BCUT2D eigenvalue weighted by molar-refractivity contribution is 5.78. The van der Waals surface area contributed by atoms with Crippen LogP contribution in [0.25, 0.3) is 0 Å². The lowest BCUT2D eigenvalue weighted by Crippen LogP contribution is -2.49. The fourth-order valence-electron chi connectivity index (χ4n) is 4.29. The van der Waals surface area contributed by atoms with Gasteiger partial charge in [-0.2, -0.15) is 0 Å². The molecule has 0 spiro atoms. The lowest BCUT2D eigenvalue weighted by atomic mass is 10.1. The predicted molar refractivity (Wildman–Crippen MR) is 121 cm³/mol. The molecule has 2 aromatic rings. The van der Waals surface area contributed by atoms with Crippen molar-refractivity contribution in [3.8, 4) is 11.5 Å². The molecule has 1 amide bonds. The number of amides is 1. The normalized spacial score (nSPS) is 17.5. The number of methoxy groups -OCH3 is 1. The van der Waals surface area contributed by atoms with Crippen LogP contribution in [-0.2, 0) is 17.9 Å². The number of nitrogens with zero attached hydrogens (tertiary/aromatic N) is 3. The molecule has 0 radical (unpaired) electrons. The highest BCUT2D eigenvalue weighted by atomic mass is 19.1. The zero-order valence-electron chi connectivity index (χ0n) is 18.8. The van der Waals surface area contributed by atoms with Gasteiger partial charge < -0.3 is 14.4 Å². The number of carbonyl (C=O) groups excluding carboxylic acids is 1. The van der Waals surface area contributed by atoms with Crippen molar-refractivity contribution < 1.29 is 18.7 Å². The Labute approximate surface area is 189 Å². The Morgan fingerprint density at radius 2 is 1.53 bits per heavy atom. The van der Waals surface area contributed by atoms with Crippen molar-refractivity contribution in [3.63, 3.8) is 0 Å². The highest BCUT2D eigenvalue weighted by Gasteiger charge is 2.23. The minimum atomic E-state index is -0.255. The van der Waals surface area contributed by atoms with Gasteiger partial charge in [-0.3, -0.25) is 14.6 Å². The van der Waals surface area contributed by atoms with Crippen LogP contribution in [0, 0.1) is 5.82 Å². The maximum atomic E-state index is 13.1. The molecule has 7 heteroatoms. The average molecular weight is 442 g/mol. The number of benzene rings is 2. The Balaban J connectivity index is 1.26. The van der Waals surface area contributed by atoms with E-state index in [9.17, 15) is 9.18 Å². The van der Waals surface area contributed by atoms with Crippen LogP contribution in [-0.4, -0.2) is 73.5 Å². The predicted octanol–water partition coefficient (Wildman–Crippen LogP) is 3.15. The molecule has 4 rings (SSSR count). The first-order chi connectivity index (χ1) is 15.6. The molecule has 6 nitrogen and oxygen atoms in total. The average Bonchev–Trinajstić information content (AvgIpc) is 3.36. The molecule has 0 aromatic heterocycles. The molecule has 2 heterocycles. The molecule has 32 heavy (non-hydrogen) atoms. The number of rotatable bonds is 8. The molecule has 2 aromatic carbocycles. The van der Waals surface area contributed by atoms with Crippen molar-refractivity contribution in [3.05, 3.63) is 59.4 Å². The molecular formula is C25H32FN3O3. The summed E-state index contributed by atoms with van der Waals surface area (Å²) in [5.41, 5.74) is 2.07. The number of halogens is 1. The monoisotopic (exact) mass is 441 g/mol. The van der Waals surface area contributed by atoms with E-state index < -0.39 is 0 Å². The molecule has 0 unspecified atom stereocenters. The lowest BCUT2D eigenvalue weighted by molar-refractivity contribution is -0.131. The van der Waals surface area contributed by atoms with Crippen LogP contribution >= 0.6 is 0 Å². The minimum absolute atomic E-state index is 0.255. The molecule has 2 fully saturated rings. The van der Waals surface area contributed by atoms with E-state index in [2.05, 4.69) is 15.9 Å². The standard InChI is InChI=1S/C25H32FN3O3/c1-31-24-16-21(6-9-23(24)32-19-20-4-7-22(26)8-5-20)17-27-12-14-28(15-13-27)18-25(30)29-10-2-3-11-29/h4-9,16H,2-3,10-15,17-19H2,1H3. The fraction of sp³-hybridized carbons (Fsp3) is 0.480. The van der Waals surface area contributed by atoms with Gasteiger partial charge in [-0.1, -0.05) is 18.2 Å². The molecular weight excluding hydrogens is 409 g/mol. The number of hydrogen-bond donors (Lipinski definition) is 0. The third kappa shape index (κ3) is 5.99. The molecule has 2 aliphatic heterocycles. The van der Waals surface area contributed by atoms with E-state index in [1.54, 1.807) is 19.2 Å². The highest BCUT2D eigenvalue weighted by Crippen LogP contribution is 2.29. The van der Waals surface area contributed by atoms with Crippen LogP contribution in [0.4, 0.5) is 4.39 Å². The summed E-state index contributed by atoms with van der Waals surface area (Å²) in [5, 5.41) is 0. The van der Waals surface area contributed by atoms with Gasteiger partial charge in [0.05, 0.1) is 13.7 Å². The topological polar surface area (TPSA) is 45.2 Å². The van der Waals surface area contributed by atoms with Crippen molar-refractivity contribution in [1.82, 2.24) is 14.7 Å². The Morgan fingerprint density at radius 3 is 2.22 bits per heavy atom. The van der Waals surface area contributed by atoms with Crippen molar-refractivity contribution in [1.29, 1.82) is 0 Å². The van der Waals surface area contributed by atoms with Gasteiger partial charge in [0.25, 0.3) is 0 Å². The summed E-state index contributed by atoms with van der Waals surface area (Å²) in [4.78, 5) is 19.0. The summed E-state index contributed by atoms with van der Waals surface area (Å²) in [5.74, 6) is 1.39. The largest absolute Gasteiger partial charge is 0.493 e. The van der Waals surface area contributed by atoms with Gasteiger partial charge >= 0.3 is 0 Å². The summed E-state index contributed by atoms with van der Waals surface area (Å²) in [6.07, 6.45) is 2.28. The Hall–Kier alpha value is -2.64. The van der Waals surface area contributed by atoms with Crippen LogP contribution in [0.15, 0.2) is 42.5 Å². The van der Waals surface area contributed by atoms with Crippen molar-refractivity contribution in [2.75, 3.05) is 52.9 Å². The van der Waals surface area contributed by atoms with Crippen LogP contribution in [0.2, 0.25) is 0 Å². The molecule has 0 aliphatic carbocycles. The van der Waals surface area contributed by atoms with Gasteiger partial charge in [-0.15, -0.1) is 0 Å². The Morgan fingerprint density at radius 1 is 0.875 bits per heavy atom. The number of ether oxygens (including phenoxy) is 2. The van der Waals surface area contributed by atoms with Crippen molar-refractivity contribution >= 4 is 5.91 Å². The van der Waals surface area contributed by atoms with E-state index in [0.29, 0.717) is 24.7 Å². The van der Waals surface area contributed by atoms with E-state index in [1.807, 2.05) is 17.0 Å². The quantitative estimate of drug-likeness (QED) is 0.630. The molecule has 172 valence electrons. The SMILES string of the molecule is COc1cc(CN2CCN(CC(=O)N3CCCC3)CC2)ccc1OCc1ccc(F)cc1. The second-order valence-electron chi connectivity index (χ2n) is 8.54. The summed E-state index contributed by atoms with van der Waals surface area (Å²) < 4.78 is 24.5. The van der Waals surface area contributed by atoms with E-state index in [1.165, 1.54) is 12.1 Å². The smallest absolute Gasteiger partial charge is 0.236 e. The molecule has 0 N–H and O–H groups in total. The molecule has 0 atom stereocenters. The Kier molecular flexibility index (Phi) is 7.60. The van der Waals surface area contributed by atoms with Gasteiger partial charge in [0, 0.05) is 45.8 Å². The van der Waals surface area contributed by atoms with Crippen LogP contribution < -0.4 is 9.47 Å². The number of carbonyl (C=O) groups is 1. The van der Waals surface area contributed by atoms with Crippen LogP contribution in [0.5, 0.6) is 11.5 Å². The minimum Gasteiger partial charge on any atom is -0.493 e. The second kappa shape index (κ2) is 10.8. The number of hydrogen-bond acceptors (Lipinski definition) is 5. The molecule has 0 saturated carbocycles. The summed E-state index contributed by atoms with van der Waals surface area (Å²) in [7, 11) is 1.64. The third-order valence-electron chi connectivity index (χ3n) is 6.22.